The first-order valence-electron chi connectivity index (χ1n) is 4.50. The third kappa shape index (κ3) is 2.24. The number of H-pyrrole nitrogens is 1. The van der Waals surface area contributed by atoms with Crippen LogP contribution in [0.5, 0.6) is 0 Å². The highest BCUT2D eigenvalue weighted by Crippen LogP contribution is 2.30. The number of carboxylic acids is 1. The van der Waals surface area contributed by atoms with Gasteiger partial charge in [0, 0.05) is 5.75 Å². The van der Waals surface area contributed by atoms with Crippen molar-refractivity contribution in [1.29, 1.82) is 0 Å². The highest BCUT2D eigenvalue weighted by Gasteiger charge is 2.33. The molecule has 1 fully saturated rings. The molecule has 0 amide bonds. The van der Waals surface area contributed by atoms with Crippen LogP contribution in [0.4, 0.5) is 4.39 Å². The van der Waals surface area contributed by atoms with Crippen molar-refractivity contribution in [2.24, 2.45) is 0 Å². The first-order valence-corrected chi connectivity index (χ1v) is 5.55. The third-order valence-corrected chi connectivity index (χ3v) is 3.20. The zero-order valence-electron chi connectivity index (χ0n) is 8.25. The van der Waals surface area contributed by atoms with E-state index in [4.69, 9.17) is 9.84 Å². The van der Waals surface area contributed by atoms with Crippen molar-refractivity contribution in [2.75, 3.05) is 5.75 Å². The highest BCUT2D eigenvalue weighted by molar-refractivity contribution is 8.00. The lowest BCUT2D eigenvalue weighted by Gasteiger charge is -2.12. The van der Waals surface area contributed by atoms with E-state index in [2.05, 4.69) is 0 Å². The molecule has 2 atom stereocenters. The summed E-state index contributed by atoms with van der Waals surface area (Å²) in [5.41, 5.74) is -3.05. The Kier molecular flexibility index (Phi) is 3.03. The molecule has 92 valence electrons. The van der Waals surface area contributed by atoms with Crippen molar-refractivity contribution in [3.63, 3.8) is 0 Å². The summed E-state index contributed by atoms with van der Waals surface area (Å²) in [6.07, 6.45) is -0.198. The maximum Gasteiger partial charge on any atom is 0.343 e. The van der Waals surface area contributed by atoms with Gasteiger partial charge < -0.3 is 9.84 Å². The molecule has 0 spiro atoms. The van der Waals surface area contributed by atoms with E-state index in [0.29, 0.717) is 6.20 Å². The first kappa shape index (κ1) is 11.9. The van der Waals surface area contributed by atoms with E-state index < -0.39 is 34.7 Å². The predicted octanol–water partition coefficient (Wildman–Crippen LogP) is -0.652. The van der Waals surface area contributed by atoms with Crippen LogP contribution in [0.3, 0.4) is 0 Å². The Morgan fingerprint density at radius 1 is 1.65 bits per heavy atom. The number of thioether (sulfide) groups is 1. The van der Waals surface area contributed by atoms with Crippen LogP contribution in [0.1, 0.15) is 6.23 Å². The van der Waals surface area contributed by atoms with E-state index in [0.717, 1.165) is 16.3 Å². The topological polar surface area (TPSA) is 101 Å². The molecule has 0 aromatic carbocycles. The zero-order chi connectivity index (χ0) is 12.6. The Hall–Kier alpha value is -1.61. The summed E-state index contributed by atoms with van der Waals surface area (Å²) in [5.74, 6) is -2.12. The first-order chi connectivity index (χ1) is 7.99. The van der Waals surface area contributed by atoms with Gasteiger partial charge >= 0.3 is 11.7 Å². The number of ether oxygens (including phenoxy) is 1. The molecule has 1 aliphatic rings. The maximum absolute atomic E-state index is 13.0. The minimum absolute atomic E-state index is 0.183. The number of rotatable bonds is 2. The summed E-state index contributed by atoms with van der Waals surface area (Å²) in [6, 6.07) is 0. The lowest BCUT2D eigenvalue weighted by molar-refractivity contribution is -0.147. The van der Waals surface area contributed by atoms with Crippen molar-refractivity contribution < 1.29 is 19.0 Å². The number of aromatic amines is 1. The summed E-state index contributed by atoms with van der Waals surface area (Å²) >= 11 is 0.976. The number of aromatic nitrogens is 2. The molecule has 1 saturated heterocycles. The van der Waals surface area contributed by atoms with Crippen LogP contribution >= 0.6 is 11.8 Å². The van der Waals surface area contributed by atoms with E-state index >= 15 is 0 Å². The molecule has 1 aromatic heterocycles. The molecule has 2 N–H and O–H groups in total. The average Bonchev–Trinajstić information content (AvgIpc) is 2.72. The number of carbonyl (C=O) groups is 1. The van der Waals surface area contributed by atoms with Gasteiger partial charge in [-0.25, -0.2) is 9.59 Å². The standard InChI is InChI=1S/C8H7FN2O5S/c9-3-1-11(8(15)10-5(3)12)4-2-17-7(16-4)6(13)14/h1,4,7H,2H2,(H,13,14)(H,10,12,15)/t4-,7+/m0/s1. The molecule has 0 saturated carbocycles. The second kappa shape index (κ2) is 4.34. The van der Waals surface area contributed by atoms with Gasteiger partial charge in [0.25, 0.3) is 5.56 Å². The van der Waals surface area contributed by atoms with Crippen LogP contribution < -0.4 is 11.2 Å². The predicted molar refractivity (Wildman–Crippen MR) is 55.3 cm³/mol. The fourth-order valence-electron chi connectivity index (χ4n) is 1.34. The van der Waals surface area contributed by atoms with Gasteiger partial charge in [-0.15, -0.1) is 11.8 Å². The Labute approximate surface area is 97.2 Å². The summed E-state index contributed by atoms with van der Waals surface area (Å²) in [7, 11) is 0. The van der Waals surface area contributed by atoms with Crippen molar-refractivity contribution in [1.82, 2.24) is 9.55 Å². The largest absolute Gasteiger partial charge is 0.479 e. The molecule has 17 heavy (non-hydrogen) atoms. The van der Waals surface area contributed by atoms with Gasteiger partial charge in [0.1, 0.15) is 6.23 Å². The SMILES string of the molecule is O=C(O)[C@@H]1O[C@H](n2cc(F)c(=O)[nH]c2=O)CS1. The molecular weight excluding hydrogens is 255 g/mol. The minimum atomic E-state index is -1.17. The fraction of sp³-hybridized carbons (Fsp3) is 0.375. The number of halogens is 1. The second-order valence-electron chi connectivity index (χ2n) is 3.24. The van der Waals surface area contributed by atoms with Gasteiger partial charge in [-0.3, -0.25) is 14.3 Å². The van der Waals surface area contributed by atoms with Crippen molar-refractivity contribution in [2.45, 2.75) is 11.7 Å². The Balaban J connectivity index is 2.31. The zero-order valence-corrected chi connectivity index (χ0v) is 9.07. The number of nitrogens with zero attached hydrogens (tertiary/aromatic N) is 1. The summed E-state index contributed by atoms with van der Waals surface area (Å²) in [4.78, 5) is 34.5. The molecule has 1 aromatic rings. The molecule has 7 nitrogen and oxygen atoms in total. The fourth-order valence-corrected chi connectivity index (χ4v) is 2.27. The van der Waals surface area contributed by atoms with Gasteiger partial charge in [0.2, 0.25) is 11.3 Å². The smallest absolute Gasteiger partial charge is 0.343 e. The Morgan fingerprint density at radius 3 is 2.94 bits per heavy atom. The summed E-state index contributed by atoms with van der Waals surface area (Å²) in [5, 5.41) is 8.68. The highest BCUT2D eigenvalue weighted by atomic mass is 32.2. The van der Waals surface area contributed by atoms with Gasteiger partial charge in [0.15, 0.2) is 0 Å². The van der Waals surface area contributed by atoms with Crippen LogP contribution in [-0.2, 0) is 9.53 Å². The Morgan fingerprint density at radius 2 is 2.35 bits per heavy atom. The van der Waals surface area contributed by atoms with E-state index in [1.54, 1.807) is 4.98 Å². The average molecular weight is 262 g/mol. The summed E-state index contributed by atoms with van der Waals surface area (Å²) < 4.78 is 18.8. The van der Waals surface area contributed by atoms with Crippen LogP contribution in [0.25, 0.3) is 0 Å². The minimum Gasteiger partial charge on any atom is -0.479 e. The number of hydrogen-bond acceptors (Lipinski definition) is 5. The van der Waals surface area contributed by atoms with Gasteiger partial charge in [0.05, 0.1) is 6.20 Å². The second-order valence-corrected chi connectivity index (χ2v) is 4.33. The lowest BCUT2D eigenvalue weighted by atomic mass is 10.5. The van der Waals surface area contributed by atoms with Crippen molar-refractivity contribution in [3.8, 4) is 0 Å². The molecule has 0 radical (unpaired) electrons. The molecule has 0 bridgehead atoms. The Bertz CT molecular complexity index is 568. The monoisotopic (exact) mass is 262 g/mol. The molecule has 0 aliphatic carbocycles. The van der Waals surface area contributed by atoms with Crippen molar-refractivity contribution in [3.05, 3.63) is 32.9 Å². The molecular formula is C8H7FN2O5S. The normalized spacial score (nSPS) is 23.8. The van der Waals surface area contributed by atoms with Gasteiger partial charge in [-0.05, 0) is 0 Å². The number of aliphatic carboxylic acids is 1. The maximum atomic E-state index is 13.0. The molecule has 2 heterocycles. The number of carboxylic acid groups (broad SMARTS) is 1. The van der Waals surface area contributed by atoms with E-state index in [9.17, 15) is 18.8 Å². The summed E-state index contributed by atoms with van der Waals surface area (Å²) in [6.45, 7) is 0. The molecule has 2 rings (SSSR count). The molecule has 9 heteroatoms. The van der Waals surface area contributed by atoms with Gasteiger partial charge in [-0.1, -0.05) is 0 Å². The quantitative estimate of drug-likeness (QED) is 0.734. The lowest BCUT2D eigenvalue weighted by Crippen LogP contribution is -2.34. The molecule has 0 unspecified atom stereocenters. The van der Waals surface area contributed by atoms with E-state index in [-0.39, 0.29) is 5.75 Å². The van der Waals surface area contributed by atoms with Crippen LogP contribution in [-0.4, -0.2) is 31.8 Å². The third-order valence-electron chi connectivity index (χ3n) is 2.11. The van der Waals surface area contributed by atoms with Crippen LogP contribution in [0.15, 0.2) is 15.8 Å². The van der Waals surface area contributed by atoms with Crippen molar-refractivity contribution >= 4 is 17.7 Å². The van der Waals surface area contributed by atoms with E-state index in [1.807, 2.05) is 0 Å². The van der Waals surface area contributed by atoms with Crippen LogP contribution in [0, 0.1) is 5.82 Å². The van der Waals surface area contributed by atoms with Crippen LogP contribution in [0.2, 0.25) is 0 Å². The molecule has 1 aliphatic heterocycles. The van der Waals surface area contributed by atoms with Gasteiger partial charge in [-0.2, -0.15) is 4.39 Å². The number of nitrogens with one attached hydrogen (secondary N) is 1. The number of hydrogen-bond donors (Lipinski definition) is 2. The van der Waals surface area contributed by atoms with E-state index in [1.165, 1.54) is 0 Å².